The molecule has 3 nitrogen and oxygen atoms in total. The predicted octanol–water partition coefficient (Wildman–Crippen LogP) is 2.99. The number of nitrogens with zero attached hydrogens (tertiary/aromatic N) is 1. The summed E-state index contributed by atoms with van der Waals surface area (Å²) in [5.41, 5.74) is 2.65. The lowest BCUT2D eigenvalue weighted by Gasteiger charge is -2.35. The number of fused-ring (bicyclic) bond motifs is 1. The maximum Gasteiger partial charge on any atom is 0.173 e. The zero-order valence-corrected chi connectivity index (χ0v) is 13.2. The third kappa shape index (κ3) is 3.93. The zero-order chi connectivity index (χ0) is 14.4. The summed E-state index contributed by atoms with van der Waals surface area (Å²) in [5, 5.41) is 4.18. The normalized spacial score (nSPS) is 17.7. The summed E-state index contributed by atoms with van der Waals surface area (Å²) in [6.45, 7) is 7.73. The van der Waals surface area contributed by atoms with Crippen molar-refractivity contribution in [2.45, 2.75) is 26.7 Å². The van der Waals surface area contributed by atoms with Crippen LogP contribution in [0.2, 0.25) is 0 Å². The van der Waals surface area contributed by atoms with Gasteiger partial charge in [-0.15, -0.1) is 0 Å². The van der Waals surface area contributed by atoms with Crippen molar-refractivity contribution >= 4 is 23.0 Å². The van der Waals surface area contributed by atoms with Crippen LogP contribution in [0.3, 0.4) is 0 Å². The van der Waals surface area contributed by atoms with E-state index in [1.54, 1.807) is 0 Å². The summed E-state index contributed by atoms with van der Waals surface area (Å²) in [7, 11) is 0. The van der Waals surface area contributed by atoms with Crippen molar-refractivity contribution in [1.82, 2.24) is 5.32 Å². The van der Waals surface area contributed by atoms with Gasteiger partial charge in [-0.1, -0.05) is 25.1 Å². The number of ether oxygens (including phenoxy) is 1. The minimum atomic E-state index is 0.632. The summed E-state index contributed by atoms with van der Waals surface area (Å²) in [6.07, 6.45) is 2.12. The average molecular weight is 292 g/mol. The summed E-state index contributed by atoms with van der Waals surface area (Å²) >= 11 is 5.56. The highest BCUT2D eigenvalue weighted by Gasteiger charge is 2.23. The second-order valence-corrected chi connectivity index (χ2v) is 5.72. The second kappa shape index (κ2) is 7.60. The fourth-order valence-electron chi connectivity index (χ4n) is 2.60. The molecular weight excluding hydrogens is 268 g/mol. The summed E-state index contributed by atoms with van der Waals surface area (Å²) in [6, 6.07) is 8.55. The average Bonchev–Trinajstić information content (AvgIpc) is 2.46. The van der Waals surface area contributed by atoms with E-state index in [-0.39, 0.29) is 0 Å². The minimum Gasteiger partial charge on any atom is -0.382 e. The highest BCUT2D eigenvalue weighted by molar-refractivity contribution is 7.80. The zero-order valence-electron chi connectivity index (χ0n) is 12.4. The van der Waals surface area contributed by atoms with Gasteiger partial charge in [-0.2, -0.15) is 0 Å². The Hall–Kier alpha value is -1.13. The Kier molecular flexibility index (Phi) is 5.80. The van der Waals surface area contributed by atoms with Crippen LogP contribution in [0.4, 0.5) is 5.69 Å². The molecule has 0 saturated carbocycles. The number of para-hydroxylation sites is 1. The van der Waals surface area contributed by atoms with Crippen LogP contribution in [0.5, 0.6) is 0 Å². The lowest BCUT2D eigenvalue weighted by atomic mass is 9.94. The van der Waals surface area contributed by atoms with Gasteiger partial charge in [0, 0.05) is 32.0 Å². The Balaban J connectivity index is 1.93. The molecule has 0 aromatic heterocycles. The molecule has 1 aromatic carbocycles. The van der Waals surface area contributed by atoms with Gasteiger partial charge in [-0.05, 0) is 49.5 Å². The Morgan fingerprint density at radius 1 is 1.45 bits per heavy atom. The molecule has 1 aliphatic rings. The Labute approximate surface area is 127 Å². The van der Waals surface area contributed by atoms with E-state index in [2.05, 4.69) is 41.4 Å². The van der Waals surface area contributed by atoms with Crippen molar-refractivity contribution in [3.8, 4) is 0 Å². The molecule has 4 heteroatoms. The number of anilines is 1. The SMILES string of the molecule is CCOCCCNC(=S)N1CC(C)Cc2ccccc21. The van der Waals surface area contributed by atoms with E-state index in [4.69, 9.17) is 17.0 Å². The standard InChI is InChI=1S/C16H24N2OS/c1-3-19-10-6-9-17-16(20)18-12-13(2)11-14-7-4-5-8-15(14)18/h4-5,7-8,13H,3,6,9-12H2,1-2H3,(H,17,20). The fourth-order valence-corrected chi connectivity index (χ4v) is 2.87. The number of hydrogen-bond donors (Lipinski definition) is 1. The first-order valence-corrected chi connectivity index (χ1v) is 7.84. The first-order chi connectivity index (χ1) is 9.72. The number of rotatable bonds is 5. The van der Waals surface area contributed by atoms with E-state index in [0.717, 1.165) is 44.3 Å². The second-order valence-electron chi connectivity index (χ2n) is 5.33. The molecule has 0 fully saturated rings. The van der Waals surface area contributed by atoms with Gasteiger partial charge in [-0.25, -0.2) is 0 Å². The van der Waals surface area contributed by atoms with Crippen LogP contribution in [-0.4, -0.2) is 31.4 Å². The van der Waals surface area contributed by atoms with E-state index in [1.165, 1.54) is 11.3 Å². The molecule has 1 N–H and O–H groups in total. The molecular formula is C16H24N2OS. The van der Waals surface area contributed by atoms with Gasteiger partial charge < -0.3 is 15.0 Å². The van der Waals surface area contributed by atoms with E-state index < -0.39 is 0 Å². The van der Waals surface area contributed by atoms with Gasteiger partial charge in [0.05, 0.1) is 0 Å². The van der Waals surface area contributed by atoms with Crippen LogP contribution in [-0.2, 0) is 11.2 Å². The quantitative estimate of drug-likeness (QED) is 0.666. The third-order valence-corrected chi connectivity index (χ3v) is 3.90. The van der Waals surface area contributed by atoms with Crippen molar-refractivity contribution < 1.29 is 4.74 Å². The highest BCUT2D eigenvalue weighted by Crippen LogP contribution is 2.29. The van der Waals surface area contributed by atoms with Crippen molar-refractivity contribution in [2.75, 3.05) is 31.2 Å². The fraction of sp³-hybridized carbons (Fsp3) is 0.562. The molecule has 1 aliphatic heterocycles. The van der Waals surface area contributed by atoms with E-state index in [9.17, 15) is 0 Å². The lowest BCUT2D eigenvalue weighted by Crippen LogP contribution is -2.45. The van der Waals surface area contributed by atoms with Gasteiger partial charge in [0.1, 0.15) is 0 Å². The monoisotopic (exact) mass is 292 g/mol. The van der Waals surface area contributed by atoms with Crippen LogP contribution in [0.15, 0.2) is 24.3 Å². The van der Waals surface area contributed by atoms with Gasteiger partial charge in [0.15, 0.2) is 5.11 Å². The van der Waals surface area contributed by atoms with Crippen molar-refractivity contribution in [3.05, 3.63) is 29.8 Å². The Morgan fingerprint density at radius 3 is 3.05 bits per heavy atom. The molecule has 1 atom stereocenters. The van der Waals surface area contributed by atoms with Crippen LogP contribution in [0.1, 0.15) is 25.8 Å². The lowest BCUT2D eigenvalue weighted by molar-refractivity contribution is 0.146. The molecule has 0 saturated heterocycles. The summed E-state index contributed by atoms with van der Waals surface area (Å²) in [5.74, 6) is 0.632. The number of benzene rings is 1. The Bertz CT molecular complexity index is 450. The van der Waals surface area contributed by atoms with Crippen LogP contribution >= 0.6 is 12.2 Å². The largest absolute Gasteiger partial charge is 0.382 e. The van der Waals surface area contributed by atoms with E-state index in [0.29, 0.717) is 5.92 Å². The summed E-state index contributed by atoms with van der Waals surface area (Å²) < 4.78 is 5.34. The first kappa shape index (κ1) is 15.3. The summed E-state index contributed by atoms with van der Waals surface area (Å²) in [4.78, 5) is 2.24. The Morgan fingerprint density at radius 2 is 2.25 bits per heavy atom. The predicted molar refractivity (Wildman–Crippen MR) is 88.4 cm³/mol. The number of nitrogens with one attached hydrogen (secondary N) is 1. The van der Waals surface area contributed by atoms with Crippen LogP contribution in [0.25, 0.3) is 0 Å². The maximum absolute atomic E-state index is 5.56. The maximum atomic E-state index is 5.56. The molecule has 0 amide bonds. The van der Waals surface area contributed by atoms with E-state index >= 15 is 0 Å². The van der Waals surface area contributed by atoms with Gasteiger partial charge in [-0.3, -0.25) is 0 Å². The molecule has 0 radical (unpaired) electrons. The molecule has 0 bridgehead atoms. The topological polar surface area (TPSA) is 24.5 Å². The molecule has 0 spiro atoms. The number of thiocarbonyl (C=S) groups is 1. The minimum absolute atomic E-state index is 0.632. The van der Waals surface area contributed by atoms with Crippen molar-refractivity contribution in [3.63, 3.8) is 0 Å². The van der Waals surface area contributed by atoms with Crippen molar-refractivity contribution in [2.24, 2.45) is 5.92 Å². The molecule has 1 aromatic rings. The number of hydrogen-bond acceptors (Lipinski definition) is 2. The first-order valence-electron chi connectivity index (χ1n) is 7.43. The molecule has 110 valence electrons. The smallest absolute Gasteiger partial charge is 0.173 e. The molecule has 20 heavy (non-hydrogen) atoms. The van der Waals surface area contributed by atoms with Gasteiger partial charge >= 0.3 is 0 Å². The van der Waals surface area contributed by atoms with Gasteiger partial charge in [0.2, 0.25) is 0 Å². The van der Waals surface area contributed by atoms with Crippen LogP contribution in [0, 0.1) is 5.92 Å². The molecule has 0 aliphatic carbocycles. The third-order valence-electron chi connectivity index (χ3n) is 3.54. The van der Waals surface area contributed by atoms with Gasteiger partial charge in [0.25, 0.3) is 0 Å². The molecule has 1 heterocycles. The van der Waals surface area contributed by atoms with Crippen molar-refractivity contribution in [1.29, 1.82) is 0 Å². The molecule has 2 rings (SSSR count). The molecule has 1 unspecified atom stereocenters. The van der Waals surface area contributed by atoms with E-state index in [1.807, 2.05) is 6.92 Å². The van der Waals surface area contributed by atoms with Crippen LogP contribution < -0.4 is 10.2 Å². The highest BCUT2D eigenvalue weighted by atomic mass is 32.1.